The second kappa shape index (κ2) is 6.39. The smallest absolute Gasteiger partial charge is 0.230 e. The zero-order valence-corrected chi connectivity index (χ0v) is 12.5. The van der Waals surface area contributed by atoms with Crippen LogP contribution in [0.5, 0.6) is 0 Å². The molecule has 21 heavy (non-hydrogen) atoms. The predicted octanol–water partition coefficient (Wildman–Crippen LogP) is 2.30. The van der Waals surface area contributed by atoms with Crippen molar-refractivity contribution >= 4 is 11.6 Å². The Bertz CT molecular complexity index is 591. The highest BCUT2D eigenvalue weighted by atomic mass is 16.2. The standard InChI is InChI=1S/C17H21N3O/c1-17(2,14-3-5-15(18)6-4-14)16(21)20-12-9-13-7-10-19-11-8-13/h3-8,10-11H,9,12,18H2,1-2H3,(H,20,21). The lowest BCUT2D eigenvalue weighted by Gasteiger charge is -2.24. The van der Waals surface area contributed by atoms with Gasteiger partial charge in [0.15, 0.2) is 0 Å². The van der Waals surface area contributed by atoms with E-state index >= 15 is 0 Å². The van der Waals surface area contributed by atoms with E-state index in [0.29, 0.717) is 12.2 Å². The largest absolute Gasteiger partial charge is 0.399 e. The number of nitrogen functional groups attached to an aromatic ring is 1. The predicted molar refractivity (Wildman–Crippen MR) is 84.8 cm³/mol. The lowest BCUT2D eigenvalue weighted by atomic mass is 9.83. The molecule has 1 aromatic carbocycles. The number of rotatable bonds is 5. The molecule has 0 spiro atoms. The first-order chi connectivity index (χ1) is 10.00. The molecule has 4 heteroatoms. The minimum absolute atomic E-state index is 0.0151. The number of hydrogen-bond acceptors (Lipinski definition) is 3. The summed E-state index contributed by atoms with van der Waals surface area (Å²) in [5, 5.41) is 2.99. The van der Waals surface area contributed by atoms with E-state index in [4.69, 9.17) is 5.73 Å². The van der Waals surface area contributed by atoms with Crippen molar-refractivity contribution in [2.45, 2.75) is 25.7 Å². The molecule has 1 aromatic heterocycles. The number of carbonyl (C=O) groups excluding carboxylic acids is 1. The quantitative estimate of drug-likeness (QED) is 0.827. The molecule has 0 unspecified atom stereocenters. The summed E-state index contributed by atoms with van der Waals surface area (Å²) in [6, 6.07) is 11.4. The molecule has 0 saturated carbocycles. The minimum atomic E-state index is -0.577. The first-order valence-corrected chi connectivity index (χ1v) is 7.03. The van der Waals surface area contributed by atoms with E-state index < -0.39 is 5.41 Å². The van der Waals surface area contributed by atoms with Crippen molar-refractivity contribution in [1.29, 1.82) is 0 Å². The van der Waals surface area contributed by atoms with Crippen LogP contribution < -0.4 is 11.1 Å². The average Bonchev–Trinajstić information content (AvgIpc) is 2.48. The summed E-state index contributed by atoms with van der Waals surface area (Å²) in [5.41, 5.74) is 7.93. The number of amides is 1. The van der Waals surface area contributed by atoms with Gasteiger partial charge >= 0.3 is 0 Å². The Balaban J connectivity index is 1.94. The van der Waals surface area contributed by atoms with Crippen LogP contribution in [0.4, 0.5) is 5.69 Å². The van der Waals surface area contributed by atoms with Gasteiger partial charge in [0, 0.05) is 24.6 Å². The molecule has 0 saturated heterocycles. The van der Waals surface area contributed by atoms with Crippen LogP contribution in [0.15, 0.2) is 48.8 Å². The number of nitrogens with two attached hydrogens (primary N) is 1. The van der Waals surface area contributed by atoms with E-state index in [0.717, 1.165) is 17.5 Å². The molecule has 0 radical (unpaired) electrons. The normalized spacial score (nSPS) is 11.1. The van der Waals surface area contributed by atoms with Crippen LogP contribution in [0.3, 0.4) is 0 Å². The molecule has 0 atom stereocenters. The van der Waals surface area contributed by atoms with E-state index in [9.17, 15) is 4.79 Å². The van der Waals surface area contributed by atoms with Gasteiger partial charge in [-0.2, -0.15) is 0 Å². The Kier molecular flexibility index (Phi) is 4.58. The van der Waals surface area contributed by atoms with Crippen molar-refractivity contribution in [3.63, 3.8) is 0 Å². The van der Waals surface area contributed by atoms with Crippen LogP contribution >= 0.6 is 0 Å². The highest BCUT2D eigenvalue weighted by Crippen LogP contribution is 2.24. The fourth-order valence-electron chi connectivity index (χ4n) is 2.12. The van der Waals surface area contributed by atoms with E-state index in [1.54, 1.807) is 12.4 Å². The van der Waals surface area contributed by atoms with E-state index in [-0.39, 0.29) is 5.91 Å². The maximum Gasteiger partial charge on any atom is 0.230 e. The molecule has 2 rings (SSSR count). The van der Waals surface area contributed by atoms with Gasteiger partial charge in [-0.15, -0.1) is 0 Å². The van der Waals surface area contributed by atoms with E-state index in [1.807, 2.05) is 50.2 Å². The third-order valence-corrected chi connectivity index (χ3v) is 3.65. The maximum absolute atomic E-state index is 12.4. The minimum Gasteiger partial charge on any atom is -0.399 e. The van der Waals surface area contributed by atoms with Crippen molar-refractivity contribution in [1.82, 2.24) is 10.3 Å². The van der Waals surface area contributed by atoms with Gasteiger partial charge in [-0.05, 0) is 55.7 Å². The van der Waals surface area contributed by atoms with Gasteiger partial charge < -0.3 is 11.1 Å². The molecular weight excluding hydrogens is 262 g/mol. The Morgan fingerprint density at radius 2 is 1.76 bits per heavy atom. The number of hydrogen-bond donors (Lipinski definition) is 2. The van der Waals surface area contributed by atoms with Gasteiger partial charge in [-0.1, -0.05) is 12.1 Å². The summed E-state index contributed by atoms with van der Waals surface area (Å²) in [7, 11) is 0. The van der Waals surface area contributed by atoms with Crippen molar-refractivity contribution in [3.8, 4) is 0 Å². The van der Waals surface area contributed by atoms with Crippen molar-refractivity contribution in [2.24, 2.45) is 0 Å². The third-order valence-electron chi connectivity index (χ3n) is 3.65. The molecule has 1 heterocycles. The summed E-state index contributed by atoms with van der Waals surface area (Å²) in [4.78, 5) is 16.4. The summed E-state index contributed by atoms with van der Waals surface area (Å²) >= 11 is 0. The second-order valence-electron chi connectivity index (χ2n) is 5.61. The average molecular weight is 283 g/mol. The molecule has 1 amide bonds. The van der Waals surface area contributed by atoms with Crippen molar-refractivity contribution < 1.29 is 4.79 Å². The SMILES string of the molecule is CC(C)(C(=O)NCCc1ccncc1)c1ccc(N)cc1. The van der Waals surface area contributed by atoms with Gasteiger partial charge in [0.05, 0.1) is 5.41 Å². The molecule has 0 bridgehead atoms. The van der Waals surface area contributed by atoms with Gasteiger partial charge in [0.1, 0.15) is 0 Å². The van der Waals surface area contributed by atoms with Gasteiger partial charge in [-0.25, -0.2) is 0 Å². The van der Waals surface area contributed by atoms with Crippen molar-refractivity contribution in [3.05, 3.63) is 59.9 Å². The summed E-state index contributed by atoms with van der Waals surface area (Å²) in [5.74, 6) is 0.0151. The Labute approximate surface area is 125 Å². The molecule has 4 nitrogen and oxygen atoms in total. The highest BCUT2D eigenvalue weighted by molar-refractivity contribution is 5.87. The lowest BCUT2D eigenvalue weighted by Crippen LogP contribution is -2.40. The van der Waals surface area contributed by atoms with Crippen LogP contribution in [-0.2, 0) is 16.6 Å². The van der Waals surface area contributed by atoms with Crippen LogP contribution in [-0.4, -0.2) is 17.4 Å². The number of pyridine rings is 1. The van der Waals surface area contributed by atoms with Gasteiger partial charge in [0.2, 0.25) is 5.91 Å². The molecule has 2 aromatic rings. The van der Waals surface area contributed by atoms with Gasteiger partial charge in [-0.3, -0.25) is 9.78 Å². The topological polar surface area (TPSA) is 68.0 Å². The fourth-order valence-corrected chi connectivity index (χ4v) is 2.12. The number of aromatic nitrogens is 1. The van der Waals surface area contributed by atoms with Gasteiger partial charge in [0.25, 0.3) is 0 Å². The fraction of sp³-hybridized carbons (Fsp3) is 0.294. The number of nitrogens with one attached hydrogen (secondary N) is 1. The zero-order chi connectivity index (χ0) is 15.3. The van der Waals surface area contributed by atoms with Crippen LogP contribution in [0.25, 0.3) is 0 Å². The van der Waals surface area contributed by atoms with E-state index in [2.05, 4.69) is 10.3 Å². The first-order valence-electron chi connectivity index (χ1n) is 7.03. The molecule has 0 aliphatic carbocycles. The monoisotopic (exact) mass is 283 g/mol. The Morgan fingerprint density at radius 1 is 1.14 bits per heavy atom. The Hall–Kier alpha value is -2.36. The second-order valence-corrected chi connectivity index (χ2v) is 5.61. The molecular formula is C17H21N3O. The molecule has 0 aliphatic rings. The van der Waals surface area contributed by atoms with Crippen molar-refractivity contribution in [2.75, 3.05) is 12.3 Å². The summed E-state index contributed by atoms with van der Waals surface area (Å²) in [6.45, 7) is 4.45. The summed E-state index contributed by atoms with van der Waals surface area (Å²) < 4.78 is 0. The lowest BCUT2D eigenvalue weighted by molar-refractivity contribution is -0.125. The molecule has 110 valence electrons. The molecule has 3 N–H and O–H groups in total. The number of anilines is 1. The highest BCUT2D eigenvalue weighted by Gasteiger charge is 2.29. The molecule has 0 aliphatic heterocycles. The van der Waals surface area contributed by atoms with Crippen LogP contribution in [0, 0.1) is 0 Å². The maximum atomic E-state index is 12.4. The molecule has 0 fully saturated rings. The number of nitrogens with zero attached hydrogens (tertiary/aromatic N) is 1. The zero-order valence-electron chi connectivity index (χ0n) is 12.5. The number of carbonyl (C=O) groups is 1. The first kappa shape index (κ1) is 15.0. The number of benzene rings is 1. The van der Waals surface area contributed by atoms with Crippen LogP contribution in [0.1, 0.15) is 25.0 Å². The third kappa shape index (κ3) is 3.81. The van der Waals surface area contributed by atoms with Crippen LogP contribution in [0.2, 0.25) is 0 Å². The summed E-state index contributed by atoms with van der Waals surface area (Å²) in [6.07, 6.45) is 4.32. The Morgan fingerprint density at radius 3 is 2.38 bits per heavy atom. The van der Waals surface area contributed by atoms with E-state index in [1.165, 1.54) is 0 Å².